The summed E-state index contributed by atoms with van der Waals surface area (Å²) in [4.78, 5) is 28.4. The molecule has 1 aliphatic rings. The number of benzene rings is 2. The van der Waals surface area contributed by atoms with E-state index in [0.717, 1.165) is 24.2 Å². The minimum absolute atomic E-state index is 0.371. The summed E-state index contributed by atoms with van der Waals surface area (Å²) in [6, 6.07) is 16.2. The van der Waals surface area contributed by atoms with E-state index in [9.17, 15) is 9.59 Å². The van der Waals surface area contributed by atoms with Gasteiger partial charge in [-0.1, -0.05) is 42.0 Å². The summed E-state index contributed by atoms with van der Waals surface area (Å²) in [5, 5.41) is 2.73. The molecule has 136 valence electrons. The van der Waals surface area contributed by atoms with Gasteiger partial charge < -0.3 is 15.1 Å². The van der Waals surface area contributed by atoms with Crippen molar-refractivity contribution in [2.45, 2.75) is 20.4 Å². The molecule has 0 saturated carbocycles. The lowest BCUT2D eigenvalue weighted by Gasteiger charge is -2.35. The highest BCUT2D eigenvalue weighted by molar-refractivity contribution is 6.35. The predicted molar refractivity (Wildman–Crippen MR) is 103 cm³/mol. The highest BCUT2D eigenvalue weighted by Crippen LogP contribution is 2.17. The van der Waals surface area contributed by atoms with Crippen LogP contribution in [0.5, 0.6) is 0 Å². The second-order valence-corrected chi connectivity index (χ2v) is 6.79. The molecular weight excluding hydrogens is 326 g/mol. The Morgan fingerprint density at radius 2 is 1.58 bits per heavy atom. The first-order valence-electron chi connectivity index (χ1n) is 8.97. The van der Waals surface area contributed by atoms with Crippen molar-refractivity contribution >= 4 is 17.5 Å². The molecule has 2 aromatic carbocycles. The summed E-state index contributed by atoms with van der Waals surface area (Å²) in [5.74, 6) is -0.975. The van der Waals surface area contributed by atoms with Crippen molar-refractivity contribution in [3.05, 3.63) is 65.2 Å². The molecule has 1 heterocycles. The zero-order chi connectivity index (χ0) is 18.5. The fourth-order valence-electron chi connectivity index (χ4n) is 3.22. The van der Waals surface area contributed by atoms with E-state index >= 15 is 0 Å². The maximum atomic E-state index is 12.4. The molecule has 1 fully saturated rings. The van der Waals surface area contributed by atoms with Crippen molar-refractivity contribution in [1.29, 1.82) is 0 Å². The number of amides is 2. The number of rotatable bonds is 3. The molecule has 5 nitrogen and oxygen atoms in total. The SMILES string of the molecule is Cc1cccc(CNC(=O)C(=O)N2CCN(c3cccc(C)c3)CC2)c1. The van der Waals surface area contributed by atoms with E-state index in [1.54, 1.807) is 4.90 Å². The van der Waals surface area contributed by atoms with E-state index < -0.39 is 11.8 Å². The van der Waals surface area contributed by atoms with Gasteiger partial charge in [0, 0.05) is 38.4 Å². The van der Waals surface area contributed by atoms with Crippen molar-refractivity contribution < 1.29 is 9.59 Å². The molecule has 0 spiro atoms. The van der Waals surface area contributed by atoms with Gasteiger partial charge in [-0.25, -0.2) is 0 Å². The van der Waals surface area contributed by atoms with E-state index in [1.807, 2.05) is 37.3 Å². The fraction of sp³-hybridized carbons (Fsp3) is 0.333. The molecule has 1 saturated heterocycles. The fourth-order valence-corrected chi connectivity index (χ4v) is 3.22. The molecule has 2 amide bonds. The van der Waals surface area contributed by atoms with Gasteiger partial charge in [0.1, 0.15) is 0 Å². The van der Waals surface area contributed by atoms with Crippen LogP contribution in [0.15, 0.2) is 48.5 Å². The summed E-state index contributed by atoms with van der Waals surface area (Å²) in [6.45, 7) is 7.04. The van der Waals surface area contributed by atoms with Gasteiger partial charge in [0.15, 0.2) is 0 Å². The molecule has 26 heavy (non-hydrogen) atoms. The summed E-state index contributed by atoms with van der Waals surface area (Å²) in [5.41, 5.74) is 4.52. The summed E-state index contributed by atoms with van der Waals surface area (Å²) in [6.07, 6.45) is 0. The third-order valence-corrected chi connectivity index (χ3v) is 4.66. The van der Waals surface area contributed by atoms with E-state index in [0.29, 0.717) is 19.6 Å². The van der Waals surface area contributed by atoms with Crippen LogP contribution < -0.4 is 10.2 Å². The van der Waals surface area contributed by atoms with Crippen LogP contribution in [0.25, 0.3) is 0 Å². The third kappa shape index (κ3) is 4.42. The lowest BCUT2D eigenvalue weighted by molar-refractivity contribution is -0.146. The molecule has 0 unspecified atom stereocenters. The molecule has 0 aromatic heterocycles. The number of carbonyl (C=O) groups is 2. The Hall–Kier alpha value is -2.82. The number of anilines is 1. The number of carbonyl (C=O) groups excluding carboxylic acids is 2. The number of aryl methyl sites for hydroxylation is 2. The molecule has 0 atom stereocenters. The van der Waals surface area contributed by atoms with Crippen LogP contribution in [0.1, 0.15) is 16.7 Å². The standard InChI is InChI=1S/C21H25N3O2/c1-16-5-3-7-18(13-16)15-22-20(25)21(26)24-11-9-23(10-12-24)19-8-4-6-17(2)14-19/h3-8,13-14H,9-12,15H2,1-2H3,(H,22,25). The molecule has 0 bridgehead atoms. The van der Waals surface area contributed by atoms with Crippen LogP contribution in [0.4, 0.5) is 5.69 Å². The second kappa shape index (κ2) is 8.04. The Bertz CT molecular complexity index is 795. The van der Waals surface area contributed by atoms with Gasteiger partial charge in [-0.15, -0.1) is 0 Å². The van der Waals surface area contributed by atoms with E-state index in [2.05, 4.69) is 35.3 Å². The Morgan fingerprint density at radius 1 is 0.923 bits per heavy atom. The molecule has 5 heteroatoms. The van der Waals surface area contributed by atoms with Gasteiger partial charge in [-0.3, -0.25) is 9.59 Å². The highest BCUT2D eigenvalue weighted by atomic mass is 16.2. The zero-order valence-corrected chi connectivity index (χ0v) is 15.4. The molecule has 1 N–H and O–H groups in total. The van der Waals surface area contributed by atoms with Crippen molar-refractivity contribution in [3.8, 4) is 0 Å². The van der Waals surface area contributed by atoms with E-state index in [1.165, 1.54) is 11.3 Å². The topological polar surface area (TPSA) is 52.7 Å². The molecule has 3 rings (SSSR count). The first kappa shape index (κ1) is 18.0. The molecule has 0 radical (unpaired) electrons. The number of piperazine rings is 1. The minimum atomic E-state index is -0.532. The highest BCUT2D eigenvalue weighted by Gasteiger charge is 2.25. The van der Waals surface area contributed by atoms with Crippen LogP contribution in [0.3, 0.4) is 0 Å². The van der Waals surface area contributed by atoms with Gasteiger partial charge in [0.2, 0.25) is 0 Å². The smallest absolute Gasteiger partial charge is 0.312 e. The Labute approximate surface area is 154 Å². The normalized spacial score (nSPS) is 14.2. The van der Waals surface area contributed by atoms with Crippen molar-refractivity contribution in [3.63, 3.8) is 0 Å². The summed E-state index contributed by atoms with van der Waals surface area (Å²) < 4.78 is 0. The van der Waals surface area contributed by atoms with Gasteiger partial charge in [-0.05, 0) is 37.1 Å². The lowest BCUT2D eigenvalue weighted by Crippen LogP contribution is -2.52. The average Bonchev–Trinajstić information content (AvgIpc) is 2.66. The Balaban J connectivity index is 1.50. The van der Waals surface area contributed by atoms with Gasteiger partial charge in [-0.2, -0.15) is 0 Å². The van der Waals surface area contributed by atoms with Crippen LogP contribution in [-0.2, 0) is 16.1 Å². The molecule has 0 aliphatic carbocycles. The number of hydrogen-bond donors (Lipinski definition) is 1. The zero-order valence-electron chi connectivity index (χ0n) is 15.4. The number of nitrogens with one attached hydrogen (secondary N) is 1. The molecule has 2 aromatic rings. The van der Waals surface area contributed by atoms with Crippen molar-refractivity contribution in [1.82, 2.24) is 10.2 Å². The first-order valence-corrected chi connectivity index (χ1v) is 8.97. The van der Waals surface area contributed by atoms with Crippen LogP contribution in [-0.4, -0.2) is 42.9 Å². The second-order valence-electron chi connectivity index (χ2n) is 6.79. The Kier molecular flexibility index (Phi) is 5.56. The quantitative estimate of drug-likeness (QED) is 0.863. The number of hydrogen-bond acceptors (Lipinski definition) is 3. The van der Waals surface area contributed by atoms with Crippen LogP contribution in [0.2, 0.25) is 0 Å². The number of nitrogens with zero attached hydrogens (tertiary/aromatic N) is 2. The maximum absolute atomic E-state index is 12.4. The predicted octanol–water partition coefficient (Wildman–Crippen LogP) is 2.27. The first-order chi connectivity index (χ1) is 12.5. The minimum Gasteiger partial charge on any atom is -0.368 e. The monoisotopic (exact) mass is 351 g/mol. The van der Waals surface area contributed by atoms with Crippen molar-refractivity contribution in [2.75, 3.05) is 31.1 Å². The maximum Gasteiger partial charge on any atom is 0.312 e. The molecular formula is C21H25N3O2. The average molecular weight is 351 g/mol. The van der Waals surface area contributed by atoms with E-state index in [-0.39, 0.29) is 0 Å². The summed E-state index contributed by atoms with van der Waals surface area (Å²) >= 11 is 0. The van der Waals surface area contributed by atoms with Crippen LogP contribution in [0, 0.1) is 13.8 Å². The van der Waals surface area contributed by atoms with Gasteiger partial charge in [0.25, 0.3) is 0 Å². The van der Waals surface area contributed by atoms with Gasteiger partial charge in [0.05, 0.1) is 0 Å². The summed E-state index contributed by atoms with van der Waals surface area (Å²) in [7, 11) is 0. The third-order valence-electron chi connectivity index (χ3n) is 4.66. The van der Waals surface area contributed by atoms with Crippen LogP contribution >= 0.6 is 0 Å². The van der Waals surface area contributed by atoms with Gasteiger partial charge >= 0.3 is 11.8 Å². The Morgan fingerprint density at radius 3 is 2.23 bits per heavy atom. The van der Waals surface area contributed by atoms with E-state index in [4.69, 9.17) is 0 Å². The molecule has 1 aliphatic heterocycles. The lowest BCUT2D eigenvalue weighted by atomic mass is 10.1. The largest absolute Gasteiger partial charge is 0.368 e. The van der Waals surface area contributed by atoms with Crippen molar-refractivity contribution in [2.24, 2.45) is 0 Å².